The van der Waals surface area contributed by atoms with E-state index in [0.29, 0.717) is 47.7 Å². The van der Waals surface area contributed by atoms with Crippen LogP contribution in [0.3, 0.4) is 0 Å². The van der Waals surface area contributed by atoms with Gasteiger partial charge in [0.15, 0.2) is 11.5 Å². The molecule has 0 unspecified atom stereocenters. The lowest BCUT2D eigenvalue weighted by Gasteiger charge is -2.28. The third-order valence-corrected chi connectivity index (χ3v) is 6.61. The fraction of sp³-hybridized carbons (Fsp3) is 0.455. The minimum Gasteiger partial charge on any atom is -0.491 e. The van der Waals surface area contributed by atoms with Gasteiger partial charge in [0, 0.05) is 18.7 Å². The molecule has 0 saturated carbocycles. The van der Waals surface area contributed by atoms with Crippen molar-refractivity contribution in [1.29, 1.82) is 0 Å². The largest absolute Gasteiger partial charge is 0.491 e. The number of nitrogens with zero attached hydrogens (tertiary/aromatic N) is 5. The Morgan fingerprint density at radius 1 is 1.30 bits per heavy atom. The summed E-state index contributed by atoms with van der Waals surface area (Å²) in [4.78, 5) is 30.6. The van der Waals surface area contributed by atoms with Crippen molar-refractivity contribution in [3.8, 4) is 11.5 Å². The number of aromatic nitrogens is 1. The molecule has 1 aromatic carbocycles. The molecule has 1 amide bonds. The highest BCUT2D eigenvalue weighted by molar-refractivity contribution is 7.11. The summed E-state index contributed by atoms with van der Waals surface area (Å²) in [5.41, 5.74) is 2.96. The monoisotopic (exact) mass is 470 g/mol. The van der Waals surface area contributed by atoms with E-state index in [0.717, 1.165) is 24.5 Å². The van der Waals surface area contributed by atoms with Crippen LogP contribution in [0, 0.1) is 0 Å². The second-order valence-corrected chi connectivity index (χ2v) is 8.96. The van der Waals surface area contributed by atoms with E-state index in [2.05, 4.69) is 20.2 Å². The van der Waals surface area contributed by atoms with Crippen molar-refractivity contribution < 1.29 is 19.4 Å². The summed E-state index contributed by atoms with van der Waals surface area (Å²) in [6, 6.07) is 3.71. The second kappa shape index (κ2) is 9.46. The summed E-state index contributed by atoms with van der Waals surface area (Å²) < 4.78 is 11.6. The number of β-amino-alcohol motifs (C(OH)–C–C–N with tert-alkyl or cyclic N) is 1. The van der Waals surface area contributed by atoms with Crippen molar-refractivity contribution in [1.82, 2.24) is 20.1 Å². The fourth-order valence-electron chi connectivity index (χ4n) is 4.29. The van der Waals surface area contributed by atoms with Crippen LogP contribution < -0.4 is 14.8 Å². The van der Waals surface area contributed by atoms with Crippen LogP contribution in [-0.2, 0) is 0 Å². The standard InChI is InChI=1S/C22H26N6O4S/c1-31-19-16(32-12-14(29)11-27-7-2-3-8-27)5-4-15-18(19)25-22(28-9-6-24-20(15)28)26-21(30)17-10-23-13-33-17/h4-5,10,13-14,29H,2-3,6-9,11-12H2,1H3,(H,25,26,30)/t14-/m0/s1. The first kappa shape index (κ1) is 21.8. The highest BCUT2D eigenvalue weighted by Gasteiger charge is 2.33. The van der Waals surface area contributed by atoms with E-state index in [1.165, 1.54) is 30.4 Å². The van der Waals surface area contributed by atoms with Crippen molar-refractivity contribution in [2.75, 3.05) is 46.4 Å². The number of aliphatic hydroxyl groups is 1. The maximum absolute atomic E-state index is 12.6. The Morgan fingerprint density at radius 3 is 2.91 bits per heavy atom. The molecule has 3 aliphatic rings. The zero-order valence-corrected chi connectivity index (χ0v) is 19.2. The van der Waals surface area contributed by atoms with Gasteiger partial charge in [-0.3, -0.25) is 25.0 Å². The minimum atomic E-state index is -0.601. The lowest BCUT2D eigenvalue weighted by molar-refractivity contribution is 0.0747. The molecular weight excluding hydrogens is 444 g/mol. The van der Waals surface area contributed by atoms with Gasteiger partial charge in [-0.2, -0.15) is 0 Å². The van der Waals surface area contributed by atoms with Crippen molar-refractivity contribution in [3.63, 3.8) is 0 Å². The molecule has 2 aromatic rings. The number of carbonyl (C=O) groups excluding carboxylic acids is 1. The highest BCUT2D eigenvalue weighted by atomic mass is 32.1. The lowest BCUT2D eigenvalue weighted by atomic mass is 10.1. The first-order valence-corrected chi connectivity index (χ1v) is 11.9. The van der Waals surface area contributed by atoms with E-state index in [4.69, 9.17) is 14.5 Å². The molecule has 3 aliphatic heterocycles. The molecule has 0 aliphatic carbocycles. The van der Waals surface area contributed by atoms with Crippen LogP contribution in [0.2, 0.25) is 0 Å². The van der Waals surface area contributed by atoms with Gasteiger partial charge in [-0.05, 0) is 38.1 Å². The average molecular weight is 471 g/mol. The number of methoxy groups -OCH3 is 1. The van der Waals surface area contributed by atoms with Gasteiger partial charge < -0.3 is 19.5 Å². The molecule has 33 heavy (non-hydrogen) atoms. The summed E-state index contributed by atoms with van der Waals surface area (Å²) in [5.74, 6) is 1.78. The molecule has 1 atom stereocenters. The number of carbonyl (C=O) groups is 1. The Kier molecular flexibility index (Phi) is 6.25. The lowest BCUT2D eigenvalue weighted by Crippen LogP contribution is -2.47. The third-order valence-electron chi connectivity index (χ3n) is 5.83. The molecule has 0 radical (unpaired) electrons. The van der Waals surface area contributed by atoms with Gasteiger partial charge in [-0.25, -0.2) is 4.99 Å². The van der Waals surface area contributed by atoms with Crippen LogP contribution in [-0.4, -0.2) is 90.1 Å². The maximum atomic E-state index is 12.6. The number of ether oxygens (including phenoxy) is 2. The van der Waals surface area contributed by atoms with E-state index in [1.807, 2.05) is 17.0 Å². The van der Waals surface area contributed by atoms with Crippen LogP contribution >= 0.6 is 11.3 Å². The van der Waals surface area contributed by atoms with E-state index >= 15 is 0 Å². The van der Waals surface area contributed by atoms with Crippen LogP contribution in [0.15, 0.2) is 33.8 Å². The van der Waals surface area contributed by atoms with E-state index in [-0.39, 0.29) is 12.5 Å². The van der Waals surface area contributed by atoms with Gasteiger partial charge >= 0.3 is 0 Å². The average Bonchev–Trinajstić information content (AvgIpc) is 3.60. The Balaban J connectivity index is 1.39. The second-order valence-electron chi connectivity index (χ2n) is 8.08. The zero-order chi connectivity index (χ0) is 22.8. The summed E-state index contributed by atoms with van der Waals surface area (Å²) in [6.07, 6.45) is 3.27. The minimum absolute atomic E-state index is 0.150. The third kappa shape index (κ3) is 4.43. The maximum Gasteiger partial charge on any atom is 0.269 e. The van der Waals surface area contributed by atoms with Crippen molar-refractivity contribution >= 4 is 34.7 Å². The molecule has 0 bridgehead atoms. The van der Waals surface area contributed by atoms with Crippen LogP contribution in [0.5, 0.6) is 11.5 Å². The van der Waals surface area contributed by atoms with E-state index in [9.17, 15) is 9.90 Å². The molecule has 0 spiro atoms. The van der Waals surface area contributed by atoms with Gasteiger partial charge in [0.1, 0.15) is 29.1 Å². The van der Waals surface area contributed by atoms with Crippen molar-refractivity contribution in [3.05, 3.63) is 34.3 Å². The quantitative estimate of drug-likeness (QED) is 0.630. The first-order chi connectivity index (χ1) is 16.1. The van der Waals surface area contributed by atoms with Crippen molar-refractivity contribution in [2.45, 2.75) is 18.9 Å². The number of likely N-dealkylation sites (tertiary alicyclic amines) is 1. The fourth-order valence-corrected chi connectivity index (χ4v) is 4.81. The Morgan fingerprint density at radius 2 is 2.15 bits per heavy atom. The Hall–Kier alpha value is -3.02. The van der Waals surface area contributed by atoms with Crippen LogP contribution in [0.1, 0.15) is 28.1 Å². The molecule has 1 saturated heterocycles. The predicted molar refractivity (Wildman–Crippen MR) is 125 cm³/mol. The van der Waals surface area contributed by atoms with E-state index < -0.39 is 6.10 Å². The highest BCUT2D eigenvalue weighted by Crippen LogP contribution is 2.43. The number of hydrogen-bond acceptors (Lipinski definition) is 10. The Labute approximate surface area is 195 Å². The summed E-state index contributed by atoms with van der Waals surface area (Å²) >= 11 is 1.26. The SMILES string of the molecule is COc1c(OC[C@@H](O)CN2CCCC2)ccc2c1N=C(NC(=O)c1cncs1)N1CCN=C21. The Bertz CT molecular complexity index is 1080. The molecule has 174 valence electrons. The molecule has 1 aromatic heterocycles. The van der Waals surface area contributed by atoms with Gasteiger partial charge in [0.2, 0.25) is 5.96 Å². The topological polar surface area (TPSA) is 112 Å². The molecule has 5 rings (SSSR count). The zero-order valence-electron chi connectivity index (χ0n) is 18.4. The van der Waals surface area contributed by atoms with Gasteiger partial charge in [0.25, 0.3) is 5.91 Å². The number of hydrogen-bond donors (Lipinski definition) is 2. The molecule has 4 heterocycles. The number of rotatable bonds is 7. The number of thiazole rings is 1. The first-order valence-electron chi connectivity index (χ1n) is 11.0. The number of benzene rings is 1. The van der Waals surface area contributed by atoms with E-state index in [1.54, 1.807) is 12.6 Å². The van der Waals surface area contributed by atoms with Crippen LogP contribution in [0.4, 0.5) is 5.69 Å². The summed E-state index contributed by atoms with van der Waals surface area (Å²) in [6.45, 7) is 4.00. The summed E-state index contributed by atoms with van der Waals surface area (Å²) in [5, 5.41) is 13.3. The molecule has 11 heteroatoms. The number of fused-ring (bicyclic) bond motifs is 3. The summed E-state index contributed by atoms with van der Waals surface area (Å²) in [7, 11) is 1.55. The van der Waals surface area contributed by atoms with Gasteiger partial charge in [0.05, 0.1) is 25.4 Å². The molecule has 1 fully saturated rings. The van der Waals surface area contributed by atoms with Gasteiger partial charge in [-0.1, -0.05) is 0 Å². The van der Waals surface area contributed by atoms with Crippen molar-refractivity contribution in [2.24, 2.45) is 9.98 Å². The smallest absolute Gasteiger partial charge is 0.269 e. The number of guanidine groups is 1. The normalized spacial score (nSPS) is 18.3. The van der Waals surface area contributed by atoms with Crippen LogP contribution in [0.25, 0.3) is 0 Å². The number of aliphatic hydroxyl groups excluding tert-OH is 1. The molecular formula is C22H26N6O4S. The molecule has 10 nitrogen and oxygen atoms in total. The number of aliphatic imine (C=N–C) groups is 2. The number of amides is 1. The predicted octanol–water partition coefficient (Wildman–Crippen LogP) is 1.48. The number of nitrogens with one attached hydrogen (secondary N) is 1. The number of amidine groups is 1. The molecule has 2 N–H and O–H groups in total. The van der Waals surface area contributed by atoms with Gasteiger partial charge in [-0.15, -0.1) is 11.3 Å².